The first-order chi connectivity index (χ1) is 9.18. The van der Waals surface area contributed by atoms with E-state index >= 15 is 0 Å². The highest BCUT2D eigenvalue weighted by Crippen LogP contribution is 2.49. The molecule has 2 aliphatic rings. The van der Waals surface area contributed by atoms with Crippen molar-refractivity contribution in [3.8, 4) is 5.75 Å². The van der Waals surface area contributed by atoms with Gasteiger partial charge in [0.2, 0.25) is 6.23 Å². The molecule has 4 rings (SSSR count). The maximum atomic E-state index is 11.1. The standard InChI is InChI=1S/C15H12BrNO2/c16-10-5-3-6-11-13(10)15(18)8-9-4-1-2-7-12(9)19-14(15)17-11/h1-7,14,17-18H,8H2/t14-,15+/m0/s1. The molecule has 0 bridgehead atoms. The molecule has 2 aliphatic heterocycles. The summed E-state index contributed by atoms with van der Waals surface area (Å²) in [5, 5.41) is 14.3. The molecular formula is C15H12BrNO2. The number of para-hydroxylation sites is 1. The first-order valence-electron chi connectivity index (χ1n) is 6.21. The van der Waals surface area contributed by atoms with Crippen LogP contribution in [0.2, 0.25) is 0 Å². The smallest absolute Gasteiger partial charge is 0.203 e. The van der Waals surface area contributed by atoms with Gasteiger partial charge in [-0.3, -0.25) is 0 Å². The van der Waals surface area contributed by atoms with Crippen molar-refractivity contribution in [3.05, 3.63) is 58.1 Å². The van der Waals surface area contributed by atoms with Crippen LogP contribution in [0.25, 0.3) is 0 Å². The van der Waals surface area contributed by atoms with Crippen molar-refractivity contribution in [2.45, 2.75) is 18.2 Å². The fraction of sp³-hybridized carbons (Fsp3) is 0.200. The number of hydrogen-bond donors (Lipinski definition) is 2. The minimum absolute atomic E-state index is 0.434. The van der Waals surface area contributed by atoms with E-state index in [2.05, 4.69) is 21.2 Å². The van der Waals surface area contributed by atoms with Gasteiger partial charge in [-0.15, -0.1) is 0 Å². The van der Waals surface area contributed by atoms with Gasteiger partial charge in [0.05, 0.1) is 0 Å². The molecule has 0 radical (unpaired) electrons. The minimum atomic E-state index is -1.02. The van der Waals surface area contributed by atoms with Gasteiger partial charge in [0.1, 0.15) is 5.75 Å². The van der Waals surface area contributed by atoms with Crippen molar-refractivity contribution >= 4 is 21.6 Å². The Bertz CT molecular complexity index is 673. The lowest BCUT2D eigenvalue weighted by Crippen LogP contribution is -2.47. The average Bonchev–Trinajstić information content (AvgIpc) is 2.68. The quantitative estimate of drug-likeness (QED) is 0.784. The van der Waals surface area contributed by atoms with Crippen molar-refractivity contribution in [1.29, 1.82) is 0 Å². The lowest BCUT2D eigenvalue weighted by molar-refractivity contribution is -0.0581. The van der Waals surface area contributed by atoms with Crippen molar-refractivity contribution in [1.82, 2.24) is 0 Å². The Kier molecular flexibility index (Phi) is 2.23. The van der Waals surface area contributed by atoms with Crippen LogP contribution in [0.15, 0.2) is 46.9 Å². The van der Waals surface area contributed by atoms with Crippen LogP contribution in [0.4, 0.5) is 5.69 Å². The van der Waals surface area contributed by atoms with E-state index in [4.69, 9.17) is 4.74 Å². The Hall–Kier alpha value is -1.52. The molecular weight excluding hydrogens is 306 g/mol. The lowest BCUT2D eigenvalue weighted by atomic mass is 9.85. The Morgan fingerprint density at radius 1 is 1.21 bits per heavy atom. The van der Waals surface area contributed by atoms with Crippen LogP contribution in [-0.2, 0) is 12.0 Å². The van der Waals surface area contributed by atoms with Crippen molar-refractivity contribution in [3.63, 3.8) is 0 Å². The third kappa shape index (κ3) is 1.47. The van der Waals surface area contributed by atoms with E-state index in [9.17, 15) is 5.11 Å². The summed E-state index contributed by atoms with van der Waals surface area (Å²) in [5.74, 6) is 0.841. The predicted molar refractivity (Wildman–Crippen MR) is 76.2 cm³/mol. The molecule has 0 spiro atoms. The number of rotatable bonds is 0. The van der Waals surface area contributed by atoms with Gasteiger partial charge in [0.15, 0.2) is 5.60 Å². The summed E-state index contributed by atoms with van der Waals surface area (Å²) < 4.78 is 6.82. The molecule has 0 saturated carbocycles. The SMILES string of the molecule is O[C@@]12Cc3ccccc3O[C@@H]1Nc1cccc(Br)c12. The van der Waals surface area contributed by atoms with E-state index in [1.807, 2.05) is 42.5 Å². The number of nitrogens with one attached hydrogen (secondary N) is 1. The van der Waals surface area contributed by atoms with Crippen LogP contribution in [0.1, 0.15) is 11.1 Å². The van der Waals surface area contributed by atoms with Crippen LogP contribution in [0, 0.1) is 0 Å². The number of aliphatic hydroxyl groups is 1. The number of halogens is 1. The molecule has 19 heavy (non-hydrogen) atoms. The second-order valence-corrected chi connectivity index (χ2v) is 5.87. The summed E-state index contributed by atoms with van der Waals surface area (Å²) >= 11 is 3.53. The second-order valence-electron chi connectivity index (χ2n) is 5.01. The Labute approximate surface area is 119 Å². The summed E-state index contributed by atoms with van der Waals surface area (Å²) in [6, 6.07) is 13.7. The van der Waals surface area contributed by atoms with E-state index in [-0.39, 0.29) is 0 Å². The summed E-state index contributed by atoms with van der Waals surface area (Å²) in [6.07, 6.45) is 0.118. The fourth-order valence-electron chi connectivity index (χ4n) is 2.97. The van der Waals surface area contributed by atoms with Gasteiger partial charge in [-0.2, -0.15) is 0 Å². The topological polar surface area (TPSA) is 41.5 Å². The molecule has 2 aromatic carbocycles. The van der Waals surface area contributed by atoms with Gasteiger partial charge in [0, 0.05) is 22.1 Å². The first kappa shape index (κ1) is 11.3. The average molecular weight is 318 g/mol. The molecule has 0 aromatic heterocycles. The summed E-state index contributed by atoms with van der Waals surface area (Å²) in [7, 11) is 0. The number of hydrogen-bond acceptors (Lipinski definition) is 3. The Morgan fingerprint density at radius 2 is 2.05 bits per heavy atom. The number of anilines is 1. The van der Waals surface area contributed by atoms with Crippen LogP contribution in [0.5, 0.6) is 5.75 Å². The highest BCUT2D eigenvalue weighted by Gasteiger charge is 2.51. The highest BCUT2D eigenvalue weighted by molar-refractivity contribution is 9.10. The highest BCUT2D eigenvalue weighted by atomic mass is 79.9. The molecule has 2 aromatic rings. The molecule has 2 heterocycles. The third-order valence-corrected chi connectivity index (χ3v) is 4.51. The second kappa shape index (κ2) is 3.74. The summed E-state index contributed by atoms with van der Waals surface area (Å²) in [5.41, 5.74) is 1.82. The van der Waals surface area contributed by atoms with Gasteiger partial charge in [0.25, 0.3) is 0 Å². The van der Waals surface area contributed by atoms with Crippen LogP contribution in [0.3, 0.4) is 0 Å². The zero-order valence-electron chi connectivity index (χ0n) is 10.1. The van der Waals surface area contributed by atoms with Crippen LogP contribution in [-0.4, -0.2) is 11.3 Å². The molecule has 0 saturated heterocycles. The first-order valence-corrected chi connectivity index (χ1v) is 7.00. The Balaban J connectivity index is 1.89. The zero-order chi connectivity index (χ0) is 13.0. The lowest BCUT2D eigenvalue weighted by Gasteiger charge is -2.36. The van der Waals surface area contributed by atoms with E-state index in [0.717, 1.165) is 27.0 Å². The maximum absolute atomic E-state index is 11.1. The normalized spacial score (nSPS) is 26.7. The molecule has 2 N–H and O–H groups in total. The molecule has 4 heteroatoms. The van der Waals surface area contributed by atoms with Crippen LogP contribution < -0.4 is 10.1 Å². The summed E-state index contributed by atoms with van der Waals surface area (Å²) in [4.78, 5) is 0. The van der Waals surface area contributed by atoms with Crippen molar-refractivity contribution in [2.75, 3.05) is 5.32 Å². The third-order valence-electron chi connectivity index (χ3n) is 3.84. The predicted octanol–water partition coefficient (Wildman–Crippen LogP) is 3.02. The molecule has 0 unspecified atom stereocenters. The fourth-order valence-corrected chi connectivity index (χ4v) is 3.68. The van der Waals surface area contributed by atoms with Gasteiger partial charge in [-0.05, 0) is 23.8 Å². The molecule has 0 amide bonds. The van der Waals surface area contributed by atoms with E-state index in [1.54, 1.807) is 0 Å². The van der Waals surface area contributed by atoms with E-state index in [0.29, 0.717) is 6.42 Å². The minimum Gasteiger partial charge on any atom is -0.467 e. The number of fused-ring (bicyclic) bond motifs is 4. The molecule has 96 valence electrons. The van der Waals surface area contributed by atoms with E-state index in [1.165, 1.54) is 0 Å². The van der Waals surface area contributed by atoms with Gasteiger partial charge < -0.3 is 15.2 Å². The van der Waals surface area contributed by atoms with Gasteiger partial charge in [-0.25, -0.2) is 0 Å². The van der Waals surface area contributed by atoms with Gasteiger partial charge in [-0.1, -0.05) is 40.2 Å². The monoisotopic (exact) mass is 317 g/mol. The van der Waals surface area contributed by atoms with E-state index < -0.39 is 11.8 Å². The molecule has 3 nitrogen and oxygen atoms in total. The largest absolute Gasteiger partial charge is 0.467 e. The maximum Gasteiger partial charge on any atom is 0.203 e. The number of ether oxygens (including phenoxy) is 1. The molecule has 0 fully saturated rings. The molecule has 2 atom stereocenters. The number of benzene rings is 2. The Morgan fingerprint density at radius 3 is 2.95 bits per heavy atom. The summed E-state index contributed by atoms with van der Waals surface area (Å²) in [6.45, 7) is 0. The van der Waals surface area contributed by atoms with Gasteiger partial charge >= 0.3 is 0 Å². The zero-order valence-corrected chi connectivity index (χ0v) is 11.6. The van der Waals surface area contributed by atoms with Crippen molar-refractivity contribution < 1.29 is 9.84 Å². The van der Waals surface area contributed by atoms with Crippen molar-refractivity contribution in [2.24, 2.45) is 0 Å². The van der Waals surface area contributed by atoms with Crippen LogP contribution >= 0.6 is 15.9 Å². The molecule has 0 aliphatic carbocycles.